The Bertz CT molecular complexity index is 181. The summed E-state index contributed by atoms with van der Waals surface area (Å²) >= 11 is 0. The first kappa shape index (κ1) is 10.5. The van der Waals surface area contributed by atoms with E-state index in [2.05, 4.69) is 24.8 Å². The first-order chi connectivity index (χ1) is 6.24. The van der Waals surface area contributed by atoms with Crippen LogP contribution in [0.5, 0.6) is 0 Å². The van der Waals surface area contributed by atoms with Crippen LogP contribution < -0.4 is 0 Å². The molecule has 0 amide bonds. The molecule has 1 aliphatic rings. The molecule has 0 aromatic carbocycles. The van der Waals surface area contributed by atoms with Gasteiger partial charge in [-0.25, -0.2) is 0 Å². The third kappa shape index (κ3) is 3.36. The van der Waals surface area contributed by atoms with Gasteiger partial charge in [-0.1, -0.05) is 13.8 Å². The average Bonchev–Trinajstić information content (AvgIpc) is 2.51. The van der Waals surface area contributed by atoms with E-state index in [1.807, 2.05) is 0 Å². The Labute approximate surface area is 81.5 Å². The highest BCUT2D eigenvalue weighted by Crippen LogP contribution is 2.17. The molecule has 13 heavy (non-hydrogen) atoms. The number of nitriles is 1. The maximum atomic E-state index is 8.85. The molecule has 0 saturated carbocycles. The molecule has 0 N–H and O–H groups in total. The first-order valence-electron chi connectivity index (χ1n) is 5.37. The smallest absolute Gasteiger partial charge is 0.0978 e. The minimum atomic E-state index is 0.215. The topological polar surface area (TPSA) is 27.0 Å². The summed E-state index contributed by atoms with van der Waals surface area (Å²) in [5.41, 5.74) is 0. The minimum absolute atomic E-state index is 0.215. The van der Waals surface area contributed by atoms with Crippen molar-refractivity contribution in [3.8, 4) is 6.07 Å². The van der Waals surface area contributed by atoms with Crippen molar-refractivity contribution in [2.75, 3.05) is 13.1 Å². The van der Waals surface area contributed by atoms with E-state index in [0.717, 1.165) is 25.4 Å². The van der Waals surface area contributed by atoms with Gasteiger partial charge >= 0.3 is 0 Å². The zero-order valence-electron chi connectivity index (χ0n) is 8.79. The maximum Gasteiger partial charge on any atom is 0.0978 e. The van der Waals surface area contributed by atoms with E-state index >= 15 is 0 Å². The fourth-order valence-corrected chi connectivity index (χ4v) is 1.94. The van der Waals surface area contributed by atoms with Crippen LogP contribution in [-0.2, 0) is 0 Å². The van der Waals surface area contributed by atoms with Gasteiger partial charge in [-0.05, 0) is 44.7 Å². The van der Waals surface area contributed by atoms with E-state index in [9.17, 15) is 0 Å². The Morgan fingerprint density at radius 1 is 1.54 bits per heavy atom. The molecular formula is C11H20N2. The molecule has 1 unspecified atom stereocenters. The quantitative estimate of drug-likeness (QED) is 0.664. The van der Waals surface area contributed by atoms with Crippen molar-refractivity contribution in [2.24, 2.45) is 5.92 Å². The molecule has 0 spiro atoms. The number of hydrogen-bond acceptors (Lipinski definition) is 2. The lowest BCUT2D eigenvalue weighted by atomic mass is 10.1. The number of likely N-dealkylation sites (tertiary alicyclic amines) is 1. The van der Waals surface area contributed by atoms with Crippen LogP contribution in [0.2, 0.25) is 0 Å². The Kier molecular flexibility index (Phi) is 4.24. The SMILES string of the molecule is CC(C)CCCN1CCCC1C#N. The number of hydrogen-bond donors (Lipinski definition) is 0. The molecule has 0 aromatic heterocycles. The predicted molar refractivity (Wildman–Crippen MR) is 54.3 cm³/mol. The summed E-state index contributed by atoms with van der Waals surface area (Å²) in [5.74, 6) is 0.795. The van der Waals surface area contributed by atoms with Crippen molar-refractivity contribution in [3.63, 3.8) is 0 Å². The van der Waals surface area contributed by atoms with Gasteiger partial charge in [0.2, 0.25) is 0 Å². The van der Waals surface area contributed by atoms with Crippen molar-refractivity contribution in [1.29, 1.82) is 5.26 Å². The Morgan fingerprint density at radius 2 is 2.31 bits per heavy atom. The van der Waals surface area contributed by atoms with Gasteiger partial charge in [0.25, 0.3) is 0 Å². The van der Waals surface area contributed by atoms with Crippen LogP contribution in [0.15, 0.2) is 0 Å². The zero-order chi connectivity index (χ0) is 9.68. The van der Waals surface area contributed by atoms with Gasteiger partial charge < -0.3 is 0 Å². The Morgan fingerprint density at radius 3 is 2.92 bits per heavy atom. The molecule has 0 radical (unpaired) electrons. The molecule has 2 nitrogen and oxygen atoms in total. The van der Waals surface area contributed by atoms with Crippen LogP contribution in [-0.4, -0.2) is 24.0 Å². The molecule has 74 valence electrons. The third-order valence-electron chi connectivity index (χ3n) is 2.74. The van der Waals surface area contributed by atoms with Gasteiger partial charge in [-0.15, -0.1) is 0 Å². The lowest BCUT2D eigenvalue weighted by molar-refractivity contribution is 0.282. The second-order valence-electron chi connectivity index (χ2n) is 4.36. The molecular weight excluding hydrogens is 160 g/mol. The van der Waals surface area contributed by atoms with Crippen LogP contribution in [0.25, 0.3) is 0 Å². The highest BCUT2D eigenvalue weighted by molar-refractivity contribution is 4.95. The summed E-state index contributed by atoms with van der Waals surface area (Å²) in [6, 6.07) is 2.59. The predicted octanol–water partition coefficient (Wildman–Crippen LogP) is 2.41. The molecule has 1 rings (SSSR count). The van der Waals surface area contributed by atoms with E-state index in [1.165, 1.54) is 19.3 Å². The van der Waals surface area contributed by atoms with Gasteiger partial charge in [0.1, 0.15) is 0 Å². The standard InChI is InChI=1S/C11H20N2/c1-10(2)5-3-7-13-8-4-6-11(13)9-12/h10-11H,3-8H2,1-2H3. The van der Waals surface area contributed by atoms with Crippen molar-refractivity contribution in [2.45, 2.75) is 45.6 Å². The van der Waals surface area contributed by atoms with Gasteiger partial charge in [0.05, 0.1) is 12.1 Å². The number of nitrogens with zero attached hydrogens (tertiary/aromatic N) is 2. The second-order valence-corrected chi connectivity index (χ2v) is 4.36. The van der Waals surface area contributed by atoms with E-state index in [0.29, 0.717) is 0 Å². The largest absolute Gasteiger partial charge is 0.288 e. The highest BCUT2D eigenvalue weighted by atomic mass is 15.2. The van der Waals surface area contributed by atoms with Gasteiger partial charge in [0, 0.05) is 0 Å². The third-order valence-corrected chi connectivity index (χ3v) is 2.74. The molecule has 1 fully saturated rings. The van der Waals surface area contributed by atoms with Crippen LogP contribution in [0.3, 0.4) is 0 Å². The van der Waals surface area contributed by atoms with E-state index in [-0.39, 0.29) is 6.04 Å². The van der Waals surface area contributed by atoms with Crippen molar-refractivity contribution in [1.82, 2.24) is 4.90 Å². The average molecular weight is 180 g/mol. The van der Waals surface area contributed by atoms with Crippen LogP contribution in [0, 0.1) is 17.2 Å². The van der Waals surface area contributed by atoms with Crippen molar-refractivity contribution in [3.05, 3.63) is 0 Å². The minimum Gasteiger partial charge on any atom is -0.288 e. The lowest BCUT2D eigenvalue weighted by Gasteiger charge is -2.19. The second kappa shape index (κ2) is 5.24. The van der Waals surface area contributed by atoms with E-state index < -0.39 is 0 Å². The van der Waals surface area contributed by atoms with Gasteiger partial charge in [-0.2, -0.15) is 5.26 Å². The van der Waals surface area contributed by atoms with Crippen LogP contribution >= 0.6 is 0 Å². The number of rotatable bonds is 4. The monoisotopic (exact) mass is 180 g/mol. The molecule has 0 aromatic rings. The molecule has 0 bridgehead atoms. The van der Waals surface area contributed by atoms with E-state index in [4.69, 9.17) is 5.26 Å². The van der Waals surface area contributed by atoms with Crippen LogP contribution in [0.1, 0.15) is 39.5 Å². The zero-order valence-corrected chi connectivity index (χ0v) is 8.79. The van der Waals surface area contributed by atoms with Crippen LogP contribution in [0.4, 0.5) is 0 Å². The summed E-state index contributed by atoms with van der Waals surface area (Å²) in [5, 5.41) is 8.85. The summed E-state index contributed by atoms with van der Waals surface area (Å²) in [7, 11) is 0. The fraction of sp³-hybridized carbons (Fsp3) is 0.909. The highest BCUT2D eigenvalue weighted by Gasteiger charge is 2.22. The summed E-state index contributed by atoms with van der Waals surface area (Å²) < 4.78 is 0. The van der Waals surface area contributed by atoms with Crippen molar-refractivity contribution >= 4 is 0 Å². The summed E-state index contributed by atoms with van der Waals surface area (Å²) in [4.78, 5) is 2.34. The molecule has 2 heteroatoms. The maximum absolute atomic E-state index is 8.85. The Balaban J connectivity index is 2.17. The Hall–Kier alpha value is -0.550. The normalized spacial score (nSPS) is 23.7. The molecule has 1 atom stereocenters. The summed E-state index contributed by atoms with van der Waals surface area (Å²) in [6.07, 6.45) is 4.82. The summed E-state index contributed by atoms with van der Waals surface area (Å²) in [6.45, 7) is 6.77. The lowest BCUT2D eigenvalue weighted by Crippen LogP contribution is -2.29. The van der Waals surface area contributed by atoms with Crippen molar-refractivity contribution < 1.29 is 0 Å². The fourth-order valence-electron chi connectivity index (χ4n) is 1.94. The van der Waals surface area contributed by atoms with Gasteiger partial charge in [-0.3, -0.25) is 4.90 Å². The molecule has 1 saturated heterocycles. The molecule has 1 heterocycles. The first-order valence-corrected chi connectivity index (χ1v) is 5.37. The molecule has 1 aliphatic heterocycles. The molecule has 0 aliphatic carbocycles. The van der Waals surface area contributed by atoms with Gasteiger partial charge in [0.15, 0.2) is 0 Å². The van der Waals surface area contributed by atoms with E-state index in [1.54, 1.807) is 0 Å².